The summed E-state index contributed by atoms with van der Waals surface area (Å²) < 4.78 is 0. The molecule has 8 heteroatoms. The average molecular weight is 539 g/mol. The molecule has 4 aromatic rings. The van der Waals surface area contributed by atoms with Crippen LogP contribution in [0.1, 0.15) is 76.3 Å². The zero-order valence-corrected chi connectivity index (χ0v) is 23.5. The van der Waals surface area contributed by atoms with Gasteiger partial charge in [0.05, 0.1) is 28.9 Å². The van der Waals surface area contributed by atoms with Crippen molar-refractivity contribution < 1.29 is 10.2 Å². The van der Waals surface area contributed by atoms with Gasteiger partial charge in [0, 0.05) is 57.6 Å². The number of aliphatic hydroxyl groups is 2. The number of anilines is 4. The van der Waals surface area contributed by atoms with E-state index in [-0.39, 0.29) is 11.3 Å². The zero-order chi connectivity index (χ0) is 27.8. The molecule has 0 spiro atoms. The second-order valence-electron chi connectivity index (χ2n) is 11.7. The number of nitrogens with zero attached hydrogens (tertiary/aromatic N) is 2. The first-order valence-corrected chi connectivity index (χ1v) is 14.7. The molecule has 2 aromatic heterocycles. The molecule has 2 atom stereocenters. The molecule has 1 saturated carbocycles. The topological polar surface area (TPSA) is 114 Å². The highest BCUT2D eigenvalue weighted by Gasteiger charge is 2.53. The summed E-state index contributed by atoms with van der Waals surface area (Å²) >= 11 is 0. The molecule has 0 bridgehead atoms. The van der Waals surface area contributed by atoms with Crippen molar-refractivity contribution in [1.29, 1.82) is 0 Å². The van der Waals surface area contributed by atoms with Crippen molar-refractivity contribution in [3.05, 3.63) is 59.9 Å². The number of pyridine rings is 2. The van der Waals surface area contributed by atoms with E-state index in [1.54, 1.807) is 0 Å². The van der Waals surface area contributed by atoms with Crippen LogP contribution in [0.2, 0.25) is 0 Å². The van der Waals surface area contributed by atoms with E-state index in [4.69, 9.17) is 9.97 Å². The van der Waals surface area contributed by atoms with Gasteiger partial charge in [-0.2, -0.15) is 0 Å². The molecule has 40 heavy (non-hydrogen) atoms. The highest BCUT2D eigenvalue weighted by Crippen LogP contribution is 2.54. The standard InChI is InChI=1S/C32H38N6O2/c1-5-31(6-2)36-21-13-12-17(27-26(21)22(37-31)14-15-33-27)23-29(39)24(30(23)40)18-16-34-19-10-9-11-20-25(19)28(18)38-32(7-3,8-4)35-20/h9-16,23-24,29-30,35-40H,5-8H2,1-4H3. The molecule has 2 aromatic carbocycles. The van der Waals surface area contributed by atoms with Crippen LogP contribution < -0.4 is 21.3 Å². The Labute approximate surface area is 234 Å². The van der Waals surface area contributed by atoms with Crippen LogP contribution in [0.15, 0.2) is 48.8 Å². The molecular weight excluding hydrogens is 500 g/mol. The summed E-state index contributed by atoms with van der Waals surface area (Å²) in [4.78, 5) is 9.50. The lowest BCUT2D eigenvalue weighted by molar-refractivity contribution is -0.0779. The summed E-state index contributed by atoms with van der Waals surface area (Å²) in [6.07, 6.45) is 5.72. The SMILES string of the molecule is CCC1(CC)Nc2cccc3ncc(C4C(O)C(c5ccc6c7c(ccnc57)NC(CC)(CC)N6)C4O)c(c23)N1. The Morgan fingerprint density at radius 2 is 1.27 bits per heavy atom. The number of hydrogen-bond acceptors (Lipinski definition) is 8. The van der Waals surface area contributed by atoms with Gasteiger partial charge >= 0.3 is 0 Å². The van der Waals surface area contributed by atoms with E-state index in [0.717, 1.165) is 81.4 Å². The third-order valence-electron chi connectivity index (χ3n) is 9.94. The van der Waals surface area contributed by atoms with Gasteiger partial charge in [0.1, 0.15) is 11.3 Å². The Hall–Kier alpha value is -3.62. The van der Waals surface area contributed by atoms with Gasteiger partial charge in [-0.25, -0.2) is 0 Å². The van der Waals surface area contributed by atoms with Gasteiger partial charge in [0.2, 0.25) is 0 Å². The fraction of sp³-hybridized carbons (Fsp3) is 0.438. The smallest absolute Gasteiger partial charge is 0.107 e. The lowest BCUT2D eigenvalue weighted by Gasteiger charge is -2.49. The Kier molecular flexibility index (Phi) is 5.67. The quantitative estimate of drug-likeness (QED) is 0.175. The molecular formula is C32H38N6O2. The van der Waals surface area contributed by atoms with Gasteiger partial charge in [-0.05, 0) is 55.5 Å². The second kappa shape index (κ2) is 8.94. The summed E-state index contributed by atoms with van der Waals surface area (Å²) in [5, 5.41) is 40.3. The molecule has 0 amide bonds. The molecule has 7 rings (SSSR count). The van der Waals surface area contributed by atoms with Gasteiger partial charge < -0.3 is 31.5 Å². The maximum absolute atomic E-state index is 11.7. The normalized spacial score (nSPS) is 25.4. The molecule has 1 fully saturated rings. The van der Waals surface area contributed by atoms with Crippen LogP contribution in [-0.4, -0.2) is 43.7 Å². The molecule has 3 aliphatic rings. The predicted octanol–water partition coefficient (Wildman–Crippen LogP) is 6.09. The minimum atomic E-state index is -0.777. The monoisotopic (exact) mass is 538 g/mol. The predicted molar refractivity (Wildman–Crippen MR) is 162 cm³/mol. The van der Waals surface area contributed by atoms with E-state index in [0.29, 0.717) is 0 Å². The second-order valence-corrected chi connectivity index (χ2v) is 11.7. The van der Waals surface area contributed by atoms with Crippen molar-refractivity contribution in [2.24, 2.45) is 0 Å². The van der Waals surface area contributed by atoms with Crippen molar-refractivity contribution in [2.75, 3.05) is 21.3 Å². The number of aliphatic hydroxyl groups excluding tert-OH is 2. The minimum Gasteiger partial charge on any atom is -0.392 e. The third-order valence-corrected chi connectivity index (χ3v) is 9.94. The lowest BCUT2D eigenvalue weighted by Crippen LogP contribution is -2.53. The van der Waals surface area contributed by atoms with Crippen LogP contribution >= 0.6 is 0 Å². The van der Waals surface area contributed by atoms with E-state index >= 15 is 0 Å². The summed E-state index contributed by atoms with van der Waals surface area (Å²) in [6.45, 7) is 8.68. The van der Waals surface area contributed by atoms with Crippen molar-refractivity contribution in [2.45, 2.75) is 88.7 Å². The Morgan fingerprint density at radius 1 is 0.675 bits per heavy atom. The van der Waals surface area contributed by atoms with Crippen LogP contribution in [0.3, 0.4) is 0 Å². The average Bonchev–Trinajstić information content (AvgIpc) is 2.99. The molecule has 1 aliphatic carbocycles. The first-order chi connectivity index (χ1) is 19.4. The first-order valence-electron chi connectivity index (χ1n) is 14.7. The molecule has 8 nitrogen and oxygen atoms in total. The van der Waals surface area contributed by atoms with Crippen LogP contribution in [-0.2, 0) is 0 Å². The van der Waals surface area contributed by atoms with Gasteiger partial charge in [0.15, 0.2) is 0 Å². The van der Waals surface area contributed by atoms with Crippen molar-refractivity contribution >= 4 is 44.6 Å². The van der Waals surface area contributed by atoms with E-state index in [1.807, 2.05) is 36.7 Å². The van der Waals surface area contributed by atoms with Crippen LogP contribution in [0.5, 0.6) is 0 Å². The van der Waals surface area contributed by atoms with Crippen molar-refractivity contribution in [1.82, 2.24) is 9.97 Å². The summed E-state index contributed by atoms with van der Waals surface area (Å²) in [6, 6.07) is 12.2. The van der Waals surface area contributed by atoms with E-state index in [1.165, 1.54) is 0 Å². The minimum absolute atomic E-state index is 0.208. The van der Waals surface area contributed by atoms with Gasteiger partial charge in [-0.3, -0.25) is 9.97 Å². The highest BCUT2D eigenvalue weighted by molar-refractivity contribution is 6.06. The summed E-state index contributed by atoms with van der Waals surface area (Å²) in [5.41, 5.74) is 6.99. The van der Waals surface area contributed by atoms with Crippen molar-refractivity contribution in [3.63, 3.8) is 0 Å². The lowest BCUT2D eigenvalue weighted by atomic mass is 9.62. The third kappa shape index (κ3) is 3.38. The summed E-state index contributed by atoms with van der Waals surface area (Å²) in [7, 11) is 0. The fourth-order valence-corrected chi connectivity index (χ4v) is 7.24. The first kappa shape index (κ1) is 25.4. The summed E-state index contributed by atoms with van der Waals surface area (Å²) in [5.74, 6) is -0.912. The van der Waals surface area contributed by atoms with Gasteiger partial charge in [0.25, 0.3) is 0 Å². The molecule has 2 aliphatic heterocycles. The van der Waals surface area contributed by atoms with Crippen LogP contribution in [0.4, 0.5) is 22.7 Å². The molecule has 4 heterocycles. The van der Waals surface area contributed by atoms with E-state index < -0.39 is 24.0 Å². The molecule has 0 radical (unpaired) electrons. The highest BCUT2D eigenvalue weighted by atomic mass is 16.3. The maximum Gasteiger partial charge on any atom is 0.107 e. The number of rotatable bonds is 6. The molecule has 0 saturated heterocycles. The fourth-order valence-electron chi connectivity index (χ4n) is 7.24. The number of hydrogen-bond donors (Lipinski definition) is 6. The maximum atomic E-state index is 11.7. The Balaban J connectivity index is 1.29. The number of nitrogens with one attached hydrogen (secondary N) is 4. The molecule has 208 valence electrons. The Morgan fingerprint density at radius 3 is 1.95 bits per heavy atom. The molecule has 2 unspecified atom stereocenters. The van der Waals surface area contributed by atoms with Gasteiger partial charge in [-0.1, -0.05) is 39.8 Å². The zero-order valence-electron chi connectivity index (χ0n) is 23.5. The number of aromatic nitrogens is 2. The largest absolute Gasteiger partial charge is 0.392 e. The van der Waals surface area contributed by atoms with Crippen LogP contribution in [0.25, 0.3) is 21.8 Å². The van der Waals surface area contributed by atoms with Crippen molar-refractivity contribution in [3.8, 4) is 0 Å². The number of benzene rings is 2. The Bertz CT molecular complexity index is 1610. The molecule has 6 N–H and O–H groups in total. The van der Waals surface area contributed by atoms with E-state index in [2.05, 4.69) is 61.1 Å². The van der Waals surface area contributed by atoms with Gasteiger partial charge in [-0.15, -0.1) is 0 Å². The van der Waals surface area contributed by atoms with E-state index in [9.17, 15) is 10.2 Å². The van der Waals surface area contributed by atoms with Crippen LogP contribution in [0, 0.1) is 0 Å².